The van der Waals surface area contributed by atoms with Gasteiger partial charge in [-0.25, -0.2) is 0 Å². The Morgan fingerprint density at radius 3 is 2.85 bits per heavy atom. The SMILES string of the molecule is COC(=O)CCCN1CCc2ccccc2[C@@H]1C(N)=O. The highest BCUT2D eigenvalue weighted by Crippen LogP contribution is 2.29. The van der Waals surface area contributed by atoms with Crippen molar-refractivity contribution in [2.24, 2.45) is 5.73 Å². The number of nitrogens with zero attached hydrogens (tertiary/aromatic N) is 1. The van der Waals surface area contributed by atoms with Crippen molar-refractivity contribution in [3.8, 4) is 0 Å². The molecule has 5 heteroatoms. The lowest BCUT2D eigenvalue weighted by Gasteiger charge is -2.35. The van der Waals surface area contributed by atoms with E-state index < -0.39 is 6.04 Å². The van der Waals surface area contributed by atoms with Crippen molar-refractivity contribution in [1.82, 2.24) is 4.90 Å². The van der Waals surface area contributed by atoms with Crippen LogP contribution in [-0.4, -0.2) is 37.0 Å². The van der Waals surface area contributed by atoms with Crippen LogP contribution in [0.5, 0.6) is 0 Å². The van der Waals surface area contributed by atoms with Gasteiger partial charge in [-0.15, -0.1) is 0 Å². The third-order valence-electron chi connectivity index (χ3n) is 3.71. The zero-order valence-electron chi connectivity index (χ0n) is 11.7. The van der Waals surface area contributed by atoms with E-state index in [-0.39, 0.29) is 11.9 Å². The van der Waals surface area contributed by atoms with Gasteiger partial charge in [0, 0.05) is 13.0 Å². The van der Waals surface area contributed by atoms with Crippen LogP contribution in [0.25, 0.3) is 0 Å². The summed E-state index contributed by atoms with van der Waals surface area (Å²) in [6.45, 7) is 1.45. The Morgan fingerprint density at radius 2 is 2.15 bits per heavy atom. The topological polar surface area (TPSA) is 72.6 Å². The first-order valence-corrected chi connectivity index (χ1v) is 6.81. The molecule has 2 N–H and O–H groups in total. The first-order valence-electron chi connectivity index (χ1n) is 6.81. The molecule has 108 valence electrons. The fourth-order valence-corrected chi connectivity index (χ4v) is 2.72. The second-order valence-corrected chi connectivity index (χ2v) is 4.97. The van der Waals surface area contributed by atoms with E-state index in [0.29, 0.717) is 19.4 Å². The van der Waals surface area contributed by atoms with Gasteiger partial charge in [0.2, 0.25) is 5.91 Å². The van der Waals surface area contributed by atoms with Crippen LogP contribution in [0.1, 0.15) is 30.0 Å². The van der Waals surface area contributed by atoms with Crippen LogP contribution in [-0.2, 0) is 20.7 Å². The molecule has 1 aromatic carbocycles. The maximum absolute atomic E-state index is 11.8. The molecule has 0 saturated heterocycles. The molecule has 1 amide bonds. The van der Waals surface area contributed by atoms with E-state index in [4.69, 9.17) is 5.73 Å². The van der Waals surface area contributed by atoms with Crippen LogP contribution in [0.2, 0.25) is 0 Å². The van der Waals surface area contributed by atoms with Gasteiger partial charge < -0.3 is 10.5 Å². The highest BCUT2D eigenvalue weighted by atomic mass is 16.5. The maximum atomic E-state index is 11.8. The summed E-state index contributed by atoms with van der Waals surface area (Å²) in [7, 11) is 1.38. The summed E-state index contributed by atoms with van der Waals surface area (Å²) in [5, 5.41) is 0. The fraction of sp³-hybridized carbons (Fsp3) is 0.467. The largest absolute Gasteiger partial charge is 0.469 e. The molecule has 5 nitrogen and oxygen atoms in total. The summed E-state index contributed by atoms with van der Waals surface area (Å²) in [6.07, 6.45) is 1.93. The molecule has 1 aromatic rings. The molecule has 2 rings (SSSR count). The Hall–Kier alpha value is -1.88. The average molecular weight is 276 g/mol. The number of primary amides is 1. The van der Waals surface area contributed by atoms with Gasteiger partial charge in [-0.1, -0.05) is 24.3 Å². The number of hydrogen-bond donors (Lipinski definition) is 1. The molecule has 1 atom stereocenters. The molecule has 0 bridgehead atoms. The van der Waals surface area contributed by atoms with Crippen molar-refractivity contribution in [2.75, 3.05) is 20.2 Å². The first-order chi connectivity index (χ1) is 9.63. The van der Waals surface area contributed by atoms with Gasteiger partial charge in [-0.3, -0.25) is 14.5 Å². The molecule has 0 saturated carbocycles. The zero-order valence-corrected chi connectivity index (χ0v) is 11.7. The molecule has 0 unspecified atom stereocenters. The number of fused-ring (bicyclic) bond motifs is 1. The number of carbonyl (C=O) groups excluding carboxylic acids is 2. The monoisotopic (exact) mass is 276 g/mol. The highest BCUT2D eigenvalue weighted by molar-refractivity contribution is 5.82. The number of methoxy groups -OCH3 is 1. The average Bonchev–Trinajstić information content (AvgIpc) is 2.46. The quantitative estimate of drug-likeness (QED) is 0.815. The molecule has 0 spiro atoms. The number of rotatable bonds is 5. The lowest BCUT2D eigenvalue weighted by atomic mass is 9.92. The third kappa shape index (κ3) is 3.17. The highest BCUT2D eigenvalue weighted by Gasteiger charge is 2.30. The van der Waals surface area contributed by atoms with Crippen molar-refractivity contribution >= 4 is 11.9 Å². The van der Waals surface area contributed by atoms with Crippen molar-refractivity contribution < 1.29 is 14.3 Å². The third-order valence-corrected chi connectivity index (χ3v) is 3.71. The van der Waals surface area contributed by atoms with Gasteiger partial charge in [0.05, 0.1) is 7.11 Å². The molecule has 1 aliphatic rings. The lowest BCUT2D eigenvalue weighted by molar-refractivity contribution is -0.140. The summed E-state index contributed by atoms with van der Waals surface area (Å²) in [5.41, 5.74) is 7.73. The Labute approximate surface area is 118 Å². The summed E-state index contributed by atoms with van der Waals surface area (Å²) >= 11 is 0. The Kier molecular flexibility index (Phi) is 4.74. The molecule has 0 aliphatic carbocycles. The first kappa shape index (κ1) is 14.5. The van der Waals surface area contributed by atoms with Gasteiger partial charge in [-0.2, -0.15) is 0 Å². The standard InChI is InChI=1S/C15H20N2O3/c1-20-13(18)7-4-9-17-10-8-11-5-2-3-6-12(11)14(17)15(16)19/h2-3,5-6,14H,4,7-10H2,1H3,(H2,16,19)/t14-/m1/s1. The van der Waals surface area contributed by atoms with Crippen LogP contribution in [0.3, 0.4) is 0 Å². The lowest BCUT2D eigenvalue weighted by Crippen LogP contribution is -2.43. The minimum absolute atomic E-state index is 0.224. The van der Waals surface area contributed by atoms with Crippen LogP contribution in [0.4, 0.5) is 0 Å². The molecule has 1 heterocycles. The van der Waals surface area contributed by atoms with Crippen molar-refractivity contribution in [3.63, 3.8) is 0 Å². The van der Waals surface area contributed by atoms with Crippen LogP contribution in [0, 0.1) is 0 Å². The van der Waals surface area contributed by atoms with E-state index in [2.05, 4.69) is 4.74 Å². The normalized spacial score (nSPS) is 18.4. The number of esters is 1. The van der Waals surface area contributed by atoms with E-state index >= 15 is 0 Å². The molecular weight excluding hydrogens is 256 g/mol. The van der Waals surface area contributed by atoms with E-state index in [1.807, 2.05) is 29.2 Å². The Balaban J connectivity index is 2.07. The van der Waals surface area contributed by atoms with Crippen molar-refractivity contribution in [1.29, 1.82) is 0 Å². The summed E-state index contributed by atoms with van der Waals surface area (Å²) in [5.74, 6) is -0.562. The minimum Gasteiger partial charge on any atom is -0.469 e. The van der Waals surface area contributed by atoms with Crippen LogP contribution in [0.15, 0.2) is 24.3 Å². The number of carbonyl (C=O) groups is 2. The molecular formula is C15H20N2O3. The Bertz CT molecular complexity index is 502. The molecule has 0 fully saturated rings. The van der Waals surface area contributed by atoms with Gasteiger partial charge in [0.1, 0.15) is 6.04 Å². The number of hydrogen-bond acceptors (Lipinski definition) is 4. The molecule has 20 heavy (non-hydrogen) atoms. The minimum atomic E-state index is -0.391. The maximum Gasteiger partial charge on any atom is 0.305 e. The molecule has 1 aliphatic heterocycles. The predicted molar refractivity (Wildman–Crippen MR) is 74.9 cm³/mol. The van der Waals surface area contributed by atoms with Gasteiger partial charge >= 0.3 is 5.97 Å². The summed E-state index contributed by atoms with van der Waals surface area (Å²) in [4.78, 5) is 25.0. The van der Waals surface area contributed by atoms with Crippen LogP contribution >= 0.6 is 0 Å². The van der Waals surface area contributed by atoms with E-state index in [9.17, 15) is 9.59 Å². The second kappa shape index (κ2) is 6.52. The van der Waals surface area contributed by atoms with Crippen molar-refractivity contribution in [2.45, 2.75) is 25.3 Å². The summed E-state index contributed by atoms with van der Waals surface area (Å²) < 4.78 is 4.62. The van der Waals surface area contributed by atoms with Gasteiger partial charge in [-0.05, 0) is 30.5 Å². The number of benzene rings is 1. The summed E-state index contributed by atoms with van der Waals surface area (Å²) in [6, 6.07) is 7.50. The smallest absolute Gasteiger partial charge is 0.305 e. The number of ether oxygens (including phenoxy) is 1. The fourth-order valence-electron chi connectivity index (χ4n) is 2.72. The predicted octanol–water partition coefficient (Wildman–Crippen LogP) is 1.02. The van der Waals surface area contributed by atoms with Gasteiger partial charge in [0.15, 0.2) is 0 Å². The Morgan fingerprint density at radius 1 is 1.40 bits per heavy atom. The van der Waals surface area contributed by atoms with E-state index in [1.54, 1.807) is 0 Å². The number of amides is 1. The van der Waals surface area contributed by atoms with Crippen molar-refractivity contribution in [3.05, 3.63) is 35.4 Å². The zero-order chi connectivity index (χ0) is 14.5. The van der Waals surface area contributed by atoms with E-state index in [0.717, 1.165) is 18.5 Å². The molecule has 0 radical (unpaired) electrons. The number of nitrogens with two attached hydrogens (primary N) is 1. The van der Waals surface area contributed by atoms with Crippen LogP contribution < -0.4 is 5.73 Å². The van der Waals surface area contributed by atoms with E-state index in [1.165, 1.54) is 12.7 Å². The second-order valence-electron chi connectivity index (χ2n) is 4.97. The molecule has 0 aromatic heterocycles. The van der Waals surface area contributed by atoms with Gasteiger partial charge in [0.25, 0.3) is 0 Å².